The number of hydrogen-bond acceptors (Lipinski definition) is 4. The predicted octanol–water partition coefficient (Wildman–Crippen LogP) is 4.99. The van der Waals surface area contributed by atoms with Gasteiger partial charge in [0.05, 0.1) is 18.7 Å². The molecule has 5 rings (SSSR count). The third kappa shape index (κ3) is 4.58. The monoisotopic (exact) mass is 484 g/mol. The number of fused-ring (bicyclic) bond motifs is 1. The Balaban J connectivity index is 0.00000245. The summed E-state index contributed by atoms with van der Waals surface area (Å²) in [5, 5.41) is 15.9. The summed E-state index contributed by atoms with van der Waals surface area (Å²) in [6, 6.07) is 16.0. The lowest BCUT2D eigenvalue weighted by Crippen LogP contribution is -2.43. The van der Waals surface area contributed by atoms with Gasteiger partial charge in [0.25, 0.3) is 5.82 Å². The molecule has 1 aliphatic heterocycles. The SMILES string of the molecule is Cc1ccc(-c2csc(N=C([O-])C[n+]3cc(-c4ccc(Cl)cc4)n4c3CCC4)n2)cc1.Cl. The summed E-state index contributed by atoms with van der Waals surface area (Å²) >= 11 is 7.43. The average Bonchev–Trinajstić information content (AvgIpc) is 3.48. The van der Waals surface area contributed by atoms with Crippen LogP contribution in [-0.4, -0.2) is 15.4 Å². The molecule has 164 valence electrons. The molecule has 0 atom stereocenters. The molecular weight excluding hydrogens is 463 g/mol. The lowest BCUT2D eigenvalue weighted by atomic mass is 10.1. The molecule has 0 radical (unpaired) electrons. The molecule has 5 nitrogen and oxygen atoms in total. The summed E-state index contributed by atoms with van der Waals surface area (Å²) in [5.74, 6) is 0.964. The molecule has 32 heavy (non-hydrogen) atoms. The van der Waals surface area contributed by atoms with Gasteiger partial charge in [0, 0.05) is 27.4 Å². The Kier molecular flexibility index (Phi) is 6.65. The van der Waals surface area contributed by atoms with Crippen LogP contribution in [0, 0.1) is 6.92 Å². The maximum atomic E-state index is 12.7. The molecule has 2 aromatic heterocycles. The minimum atomic E-state index is -0.197. The summed E-state index contributed by atoms with van der Waals surface area (Å²) in [5.41, 5.74) is 5.28. The number of aliphatic imine (C=N–C) groups is 1. The van der Waals surface area contributed by atoms with Crippen LogP contribution in [0.1, 0.15) is 17.8 Å². The summed E-state index contributed by atoms with van der Waals surface area (Å²) in [4.78, 5) is 8.79. The number of hydrogen-bond donors (Lipinski definition) is 0. The largest absolute Gasteiger partial charge is 0.859 e. The molecule has 0 amide bonds. The van der Waals surface area contributed by atoms with E-state index in [0.717, 1.165) is 47.7 Å². The summed E-state index contributed by atoms with van der Waals surface area (Å²) in [7, 11) is 0. The van der Waals surface area contributed by atoms with Crippen molar-refractivity contribution in [2.45, 2.75) is 32.9 Å². The zero-order valence-corrected chi connectivity index (χ0v) is 19.9. The van der Waals surface area contributed by atoms with E-state index >= 15 is 0 Å². The Morgan fingerprint density at radius 3 is 2.62 bits per heavy atom. The van der Waals surface area contributed by atoms with Crippen molar-refractivity contribution in [1.82, 2.24) is 9.55 Å². The van der Waals surface area contributed by atoms with Gasteiger partial charge in [-0.1, -0.05) is 41.4 Å². The maximum Gasteiger partial charge on any atom is 0.257 e. The van der Waals surface area contributed by atoms with Crippen molar-refractivity contribution in [3.63, 3.8) is 0 Å². The lowest BCUT2D eigenvalue weighted by molar-refractivity contribution is -0.693. The summed E-state index contributed by atoms with van der Waals surface area (Å²) in [6.45, 7) is 3.22. The van der Waals surface area contributed by atoms with Crippen LogP contribution < -0.4 is 9.67 Å². The Morgan fingerprint density at radius 2 is 1.88 bits per heavy atom. The molecule has 3 heterocycles. The van der Waals surface area contributed by atoms with Crippen LogP contribution in [0.4, 0.5) is 5.13 Å². The standard InChI is InChI=1S/C24H21ClN4OS.ClH/c1-16-4-6-17(7-5-16)20-15-31-24(26-20)27-22(30)14-28-13-21(29-12-2-3-23(28)29)18-8-10-19(25)11-9-18;/h4-11,13,15H,2-3,12,14H2,1H3;1H. The molecule has 4 aromatic rings. The Labute approximate surface area is 202 Å². The molecule has 0 bridgehead atoms. The highest BCUT2D eigenvalue weighted by atomic mass is 35.5. The van der Waals surface area contributed by atoms with E-state index in [0.29, 0.717) is 10.2 Å². The van der Waals surface area contributed by atoms with Crippen LogP contribution in [0.15, 0.2) is 65.1 Å². The van der Waals surface area contributed by atoms with Crippen molar-refractivity contribution in [3.05, 3.63) is 76.5 Å². The molecule has 0 unspecified atom stereocenters. The van der Waals surface area contributed by atoms with E-state index in [9.17, 15) is 5.11 Å². The molecule has 0 spiro atoms. The number of benzene rings is 2. The van der Waals surface area contributed by atoms with Gasteiger partial charge >= 0.3 is 0 Å². The van der Waals surface area contributed by atoms with E-state index in [1.54, 1.807) is 0 Å². The molecular formula is C24H22Cl2N4OS. The minimum absolute atomic E-state index is 0. The molecule has 1 aliphatic rings. The van der Waals surface area contributed by atoms with E-state index in [2.05, 4.69) is 33.6 Å². The molecule has 2 aromatic carbocycles. The van der Waals surface area contributed by atoms with Crippen LogP contribution in [0.2, 0.25) is 5.02 Å². The number of imidazole rings is 1. The molecule has 0 N–H and O–H groups in total. The number of aromatic nitrogens is 3. The molecule has 0 saturated carbocycles. The molecule has 0 saturated heterocycles. The molecule has 0 fully saturated rings. The second-order valence-electron chi connectivity index (χ2n) is 7.71. The lowest BCUT2D eigenvalue weighted by Gasteiger charge is -2.07. The first-order chi connectivity index (χ1) is 15.1. The first kappa shape index (κ1) is 22.5. The summed E-state index contributed by atoms with van der Waals surface area (Å²) < 4.78 is 4.31. The highest BCUT2D eigenvalue weighted by Crippen LogP contribution is 2.28. The normalized spacial score (nSPS) is 13.1. The second-order valence-corrected chi connectivity index (χ2v) is 8.98. The first-order valence-corrected chi connectivity index (χ1v) is 11.5. The van der Waals surface area contributed by atoms with Gasteiger partial charge in [-0.3, -0.25) is 0 Å². The number of thiazole rings is 1. The van der Waals surface area contributed by atoms with E-state index in [1.807, 2.05) is 52.5 Å². The van der Waals surface area contributed by atoms with Crippen LogP contribution in [-0.2, 0) is 19.5 Å². The zero-order valence-electron chi connectivity index (χ0n) is 17.5. The fourth-order valence-corrected chi connectivity index (χ4v) is 4.79. The highest BCUT2D eigenvalue weighted by molar-refractivity contribution is 7.13. The average molecular weight is 485 g/mol. The van der Waals surface area contributed by atoms with Crippen LogP contribution in [0.3, 0.4) is 0 Å². The Hall–Kier alpha value is -2.67. The third-order valence-electron chi connectivity index (χ3n) is 5.50. The Morgan fingerprint density at radius 1 is 1.16 bits per heavy atom. The van der Waals surface area contributed by atoms with Crippen LogP contribution >= 0.6 is 35.3 Å². The van der Waals surface area contributed by atoms with E-state index < -0.39 is 0 Å². The van der Waals surface area contributed by atoms with Crippen LogP contribution in [0.25, 0.3) is 22.5 Å². The van der Waals surface area contributed by atoms with Crippen molar-refractivity contribution in [2.75, 3.05) is 0 Å². The predicted molar refractivity (Wildman–Crippen MR) is 130 cm³/mol. The number of rotatable bonds is 5. The first-order valence-electron chi connectivity index (χ1n) is 10.2. The van der Waals surface area contributed by atoms with Gasteiger partial charge in [-0.25, -0.2) is 19.1 Å². The topological polar surface area (TPSA) is 57.1 Å². The fraction of sp³-hybridized carbons (Fsp3) is 0.208. The smallest absolute Gasteiger partial charge is 0.257 e. The van der Waals surface area contributed by atoms with Gasteiger partial charge in [-0.15, -0.1) is 23.7 Å². The van der Waals surface area contributed by atoms with Crippen molar-refractivity contribution in [1.29, 1.82) is 0 Å². The van der Waals surface area contributed by atoms with Crippen molar-refractivity contribution < 1.29 is 9.67 Å². The summed E-state index contributed by atoms with van der Waals surface area (Å²) in [6.07, 6.45) is 4.08. The fourth-order valence-electron chi connectivity index (χ4n) is 3.96. The quantitative estimate of drug-likeness (QED) is 0.227. The van der Waals surface area contributed by atoms with Crippen molar-refractivity contribution in [2.24, 2.45) is 4.99 Å². The second kappa shape index (κ2) is 9.45. The van der Waals surface area contributed by atoms with E-state index in [4.69, 9.17) is 11.6 Å². The minimum Gasteiger partial charge on any atom is -0.859 e. The van der Waals surface area contributed by atoms with Gasteiger partial charge in [0.2, 0.25) is 5.13 Å². The molecule has 0 aliphatic carbocycles. The molecule has 8 heteroatoms. The van der Waals surface area contributed by atoms with Gasteiger partial charge in [-0.05, 0) is 37.6 Å². The van der Waals surface area contributed by atoms with E-state index in [1.165, 1.54) is 16.9 Å². The van der Waals surface area contributed by atoms with Gasteiger partial charge in [0.1, 0.15) is 12.7 Å². The van der Waals surface area contributed by atoms with Gasteiger partial charge in [0.15, 0.2) is 5.69 Å². The number of aryl methyl sites for hydroxylation is 1. The Bertz CT molecular complexity index is 1260. The van der Waals surface area contributed by atoms with Crippen LogP contribution in [0.5, 0.6) is 0 Å². The van der Waals surface area contributed by atoms with Crippen molar-refractivity contribution >= 4 is 46.4 Å². The highest BCUT2D eigenvalue weighted by Gasteiger charge is 2.28. The van der Waals surface area contributed by atoms with E-state index in [-0.39, 0.29) is 24.8 Å². The van der Waals surface area contributed by atoms with Crippen molar-refractivity contribution in [3.8, 4) is 22.5 Å². The maximum absolute atomic E-state index is 12.7. The van der Waals surface area contributed by atoms with Gasteiger partial charge in [-0.2, -0.15) is 0 Å². The zero-order chi connectivity index (χ0) is 21.4. The number of halogens is 2. The van der Waals surface area contributed by atoms with Gasteiger partial charge < -0.3 is 5.11 Å². The third-order valence-corrected chi connectivity index (χ3v) is 6.49. The number of nitrogens with zero attached hydrogens (tertiary/aromatic N) is 4.